The van der Waals surface area contributed by atoms with Gasteiger partial charge in [0.15, 0.2) is 0 Å². The number of aliphatic hydroxyl groups excluding tert-OH is 1. The van der Waals surface area contributed by atoms with Crippen LogP contribution in [-0.2, 0) is 4.84 Å². The predicted molar refractivity (Wildman–Crippen MR) is 51.4 cm³/mol. The Bertz CT molecular complexity index is 250. The van der Waals surface area contributed by atoms with Crippen molar-refractivity contribution in [2.45, 2.75) is 5.92 Å². The average molecular weight is 202 g/mol. The molecule has 0 spiro atoms. The highest BCUT2D eigenvalue weighted by Gasteiger charge is 2.09. The number of hydrogen-bond donors (Lipinski definition) is 2. The zero-order chi connectivity index (χ0) is 9.68. The molecule has 0 amide bonds. The van der Waals surface area contributed by atoms with E-state index in [0.29, 0.717) is 11.6 Å². The van der Waals surface area contributed by atoms with Gasteiger partial charge in [-0.2, -0.15) is 0 Å². The van der Waals surface area contributed by atoms with Gasteiger partial charge in [0.25, 0.3) is 0 Å². The molecular formula is C9H12ClNO2. The fraction of sp³-hybridized carbons (Fsp3) is 0.333. The molecule has 3 nitrogen and oxygen atoms in total. The van der Waals surface area contributed by atoms with E-state index in [2.05, 4.69) is 4.84 Å². The Hall–Kier alpha value is -0.610. The molecule has 0 aliphatic heterocycles. The number of benzene rings is 1. The van der Waals surface area contributed by atoms with Gasteiger partial charge in [0.2, 0.25) is 0 Å². The Kier molecular flexibility index (Phi) is 4.18. The Morgan fingerprint density at radius 2 is 2.00 bits per heavy atom. The van der Waals surface area contributed by atoms with E-state index in [-0.39, 0.29) is 12.5 Å². The van der Waals surface area contributed by atoms with Crippen LogP contribution in [0.3, 0.4) is 0 Å². The van der Waals surface area contributed by atoms with E-state index in [1.807, 2.05) is 12.1 Å². The van der Waals surface area contributed by atoms with E-state index in [0.717, 1.165) is 5.56 Å². The summed E-state index contributed by atoms with van der Waals surface area (Å²) in [4.78, 5) is 4.49. The number of halogens is 1. The minimum absolute atomic E-state index is 0.0127. The van der Waals surface area contributed by atoms with Crippen molar-refractivity contribution in [3.63, 3.8) is 0 Å². The summed E-state index contributed by atoms with van der Waals surface area (Å²) < 4.78 is 0. The van der Waals surface area contributed by atoms with Crippen molar-refractivity contribution >= 4 is 11.6 Å². The molecule has 0 bridgehead atoms. The van der Waals surface area contributed by atoms with Gasteiger partial charge >= 0.3 is 0 Å². The van der Waals surface area contributed by atoms with E-state index in [1.165, 1.54) is 0 Å². The molecule has 1 atom stereocenters. The van der Waals surface area contributed by atoms with Crippen LogP contribution in [0.25, 0.3) is 0 Å². The van der Waals surface area contributed by atoms with Gasteiger partial charge in [0.05, 0.1) is 13.2 Å². The molecule has 0 heterocycles. The molecule has 72 valence electrons. The van der Waals surface area contributed by atoms with Crippen LogP contribution in [-0.4, -0.2) is 18.3 Å². The van der Waals surface area contributed by atoms with Crippen molar-refractivity contribution in [2.24, 2.45) is 5.90 Å². The van der Waals surface area contributed by atoms with Crippen LogP contribution in [0.5, 0.6) is 0 Å². The topological polar surface area (TPSA) is 55.5 Å². The molecule has 0 saturated carbocycles. The molecule has 1 aromatic rings. The van der Waals surface area contributed by atoms with Gasteiger partial charge in [0.1, 0.15) is 0 Å². The van der Waals surface area contributed by atoms with Crippen molar-refractivity contribution in [3.8, 4) is 0 Å². The standard InChI is InChI=1S/C9H12ClNO2/c10-9-3-1-7(2-4-9)8(5-12)6-13-11/h1-4,8,12H,5-6,11H2. The predicted octanol–water partition coefficient (Wildman–Crippen LogP) is 1.31. The lowest BCUT2D eigenvalue weighted by Gasteiger charge is -2.12. The second kappa shape index (κ2) is 5.19. The lowest BCUT2D eigenvalue weighted by molar-refractivity contribution is 0.101. The Morgan fingerprint density at radius 1 is 1.38 bits per heavy atom. The summed E-state index contributed by atoms with van der Waals surface area (Å²) in [5.41, 5.74) is 0.970. The van der Waals surface area contributed by atoms with Gasteiger partial charge in [0, 0.05) is 10.9 Å². The molecule has 1 aromatic carbocycles. The first-order valence-corrected chi connectivity index (χ1v) is 4.33. The van der Waals surface area contributed by atoms with E-state index in [1.54, 1.807) is 12.1 Å². The third-order valence-corrected chi connectivity index (χ3v) is 2.11. The van der Waals surface area contributed by atoms with Crippen molar-refractivity contribution in [2.75, 3.05) is 13.2 Å². The minimum atomic E-state index is -0.0812. The van der Waals surface area contributed by atoms with E-state index in [4.69, 9.17) is 22.6 Å². The summed E-state index contributed by atoms with van der Waals surface area (Å²) in [7, 11) is 0. The average Bonchev–Trinajstić information content (AvgIpc) is 2.16. The van der Waals surface area contributed by atoms with Crippen LogP contribution >= 0.6 is 11.6 Å². The third kappa shape index (κ3) is 2.97. The molecule has 0 radical (unpaired) electrons. The smallest absolute Gasteiger partial charge is 0.0769 e. The largest absolute Gasteiger partial charge is 0.396 e. The third-order valence-electron chi connectivity index (χ3n) is 1.86. The Morgan fingerprint density at radius 3 is 2.46 bits per heavy atom. The zero-order valence-electron chi connectivity index (χ0n) is 7.11. The Labute approximate surface area is 82.0 Å². The minimum Gasteiger partial charge on any atom is -0.396 e. The molecule has 0 fully saturated rings. The quantitative estimate of drug-likeness (QED) is 0.723. The Balaban J connectivity index is 2.73. The van der Waals surface area contributed by atoms with Crippen LogP contribution in [0.4, 0.5) is 0 Å². The summed E-state index contributed by atoms with van der Waals surface area (Å²) in [6, 6.07) is 7.25. The molecule has 13 heavy (non-hydrogen) atoms. The first-order chi connectivity index (χ1) is 6.27. The summed E-state index contributed by atoms with van der Waals surface area (Å²) in [6.07, 6.45) is 0. The molecule has 0 aliphatic carbocycles. The molecule has 3 N–H and O–H groups in total. The normalized spacial score (nSPS) is 12.8. The number of hydrogen-bond acceptors (Lipinski definition) is 3. The highest BCUT2D eigenvalue weighted by Crippen LogP contribution is 2.17. The van der Waals surface area contributed by atoms with Crippen LogP contribution in [0.15, 0.2) is 24.3 Å². The van der Waals surface area contributed by atoms with Gasteiger partial charge < -0.3 is 9.94 Å². The number of rotatable bonds is 4. The summed E-state index contributed by atoms with van der Waals surface area (Å²) in [6.45, 7) is 0.316. The molecule has 4 heteroatoms. The van der Waals surface area contributed by atoms with Gasteiger partial charge in [-0.15, -0.1) is 0 Å². The SMILES string of the molecule is NOCC(CO)c1ccc(Cl)cc1. The van der Waals surface area contributed by atoms with Gasteiger partial charge in [-0.25, -0.2) is 5.90 Å². The molecule has 1 unspecified atom stereocenters. The van der Waals surface area contributed by atoms with E-state index in [9.17, 15) is 0 Å². The van der Waals surface area contributed by atoms with Crippen LogP contribution in [0.2, 0.25) is 5.02 Å². The van der Waals surface area contributed by atoms with Gasteiger partial charge in [-0.3, -0.25) is 0 Å². The maximum absolute atomic E-state index is 9.01. The van der Waals surface area contributed by atoms with Crippen LogP contribution in [0, 0.1) is 0 Å². The van der Waals surface area contributed by atoms with Crippen molar-refractivity contribution < 1.29 is 9.94 Å². The first-order valence-electron chi connectivity index (χ1n) is 3.96. The molecule has 1 rings (SSSR count). The first kappa shape index (κ1) is 10.5. The second-order valence-electron chi connectivity index (χ2n) is 2.76. The molecule has 0 aromatic heterocycles. The number of aliphatic hydroxyl groups is 1. The highest BCUT2D eigenvalue weighted by molar-refractivity contribution is 6.30. The van der Waals surface area contributed by atoms with Crippen molar-refractivity contribution in [1.29, 1.82) is 0 Å². The second-order valence-corrected chi connectivity index (χ2v) is 3.20. The molecule has 0 saturated heterocycles. The monoisotopic (exact) mass is 201 g/mol. The molecule has 0 aliphatic rings. The van der Waals surface area contributed by atoms with Gasteiger partial charge in [-0.1, -0.05) is 23.7 Å². The maximum Gasteiger partial charge on any atom is 0.0769 e. The molecular weight excluding hydrogens is 190 g/mol. The van der Waals surface area contributed by atoms with E-state index < -0.39 is 0 Å². The van der Waals surface area contributed by atoms with Crippen molar-refractivity contribution in [1.82, 2.24) is 0 Å². The summed E-state index contributed by atoms with van der Waals surface area (Å²) in [5.74, 6) is 4.85. The summed E-state index contributed by atoms with van der Waals surface area (Å²) >= 11 is 5.72. The fourth-order valence-corrected chi connectivity index (χ4v) is 1.23. The lowest BCUT2D eigenvalue weighted by atomic mass is 10.0. The van der Waals surface area contributed by atoms with E-state index >= 15 is 0 Å². The number of nitrogens with two attached hydrogens (primary N) is 1. The zero-order valence-corrected chi connectivity index (χ0v) is 7.87. The maximum atomic E-state index is 9.01. The highest BCUT2D eigenvalue weighted by atomic mass is 35.5. The summed E-state index contributed by atoms with van der Waals surface area (Å²) in [5, 5.41) is 9.69. The van der Waals surface area contributed by atoms with Crippen molar-refractivity contribution in [3.05, 3.63) is 34.9 Å². The van der Waals surface area contributed by atoms with Crippen LogP contribution in [0.1, 0.15) is 11.5 Å². The van der Waals surface area contributed by atoms with Gasteiger partial charge in [-0.05, 0) is 17.7 Å². The lowest BCUT2D eigenvalue weighted by Crippen LogP contribution is -2.14. The van der Waals surface area contributed by atoms with Crippen LogP contribution < -0.4 is 5.90 Å². The fourth-order valence-electron chi connectivity index (χ4n) is 1.11.